The molecule has 0 bridgehead atoms. The Labute approximate surface area is 216 Å². The molecule has 0 atom stereocenters. The number of benzene rings is 2. The van der Waals surface area contributed by atoms with Crippen molar-refractivity contribution in [3.63, 3.8) is 0 Å². The van der Waals surface area contributed by atoms with E-state index in [1.54, 1.807) is 13.0 Å². The van der Waals surface area contributed by atoms with E-state index in [0.717, 1.165) is 6.07 Å². The number of carboxylic acid groups (broad SMARTS) is 1. The summed E-state index contributed by atoms with van der Waals surface area (Å²) in [6, 6.07) is 11.2. The number of carbonyl (C=O) groups excluding carboxylic acids is 2. The number of carbonyl (C=O) groups is 3. The first-order valence-corrected chi connectivity index (χ1v) is 11.9. The van der Waals surface area contributed by atoms with E-state index < -0.39 is 23.0 Å². The van der Waals surface area contributed by atoms with Crippen molar-refractivity contribution < 1.29 is 33.0 Å². The summed E-state index contributed by atoms with van der Waals surface area (Å²) in [5, 5.41) is 9.82. The van der Waals surface area contributed by atoms with Crippen LogP contribution in [0.3, 0.4) is 0 Å². The number of ketones is 2. The summed E-state index contributed by atoms with van der Waals surface area (Å²) in [6.45, 7) is 1.65. The largest absolute Gasteiger partial charge is 0.478 e. The maximum Gasteiger partial charge on any atom is 0.335 e. The number of rotatable bonds is 9. The van der Waals surface area contributed by atoms with Gasteiger partial charge >= 0.3 is 5.97 Å². The number of aromatic carboxylic acids is 1. The average molecular weight is 517 g/mol. The molecule has 1 saturated carbocycles. The van der Waals surface area contributed by atoms with Gasteiger partial charge in [-0.25, -0.2) is 18.6 Å². The molecule has 7 nitrogen and oxygen atoms in total. The van der Waals surface area contributed by atoms with E-state index in [4.69, 9.17) is 4.74 Å². The van der Waals surface area contributed by atoms with Crippen LogP contribution in [0.15, 0.2) is 60.9 Å². The highest BCUT2D eigenvalue weighted by Crippen LogP contribution is 2.48. The number of fused-ring (bicyclic) bond motifs is 1. The predicted molar refractivity (Wildman–Crippen MR) is 133 cm³/mol. The molecule has 0 spiro atoms. The molecule has 0 amide bonds. The zero-order valence-electron chi connectivity index (χ0n) is 20.3. The molecular formula is C29H22F2N2O5. The third-order valence-corrected chi connectivity index (χ3v) is 6.81. The molecular weight excluding hydrogens is 494 g/mol. The number of halogens is 2. The van der Waals surface area contributed by atoms with Crippen LogP contribution in [0.5, 0.6) is 11.6 Å². The highest BCUT2D eigenvalue weighted by atomic mass is 19.1. The number of aryl methyl sites for hydroxylation is 1. The van der Waals surface area contributed by atoms with Crippen molar-refractivity contribution in [2.24, 2.45) is 5.41 Å². The number of aromatic nitrogens is 2. The first kappa shape index (κ1) is 25.1. The fourth-order valence-corrected chi connectivity index (χ4v) is 4.48. The average Bonchev–Trinajstić information content (AvgIpc) is 3.69. The molecule has 38 heavy (non-hydrogen) atoms. The van der Waals surface area contributed by atoms with Gasteiger partial charge in [0.15, 0.2) is 17.4 Å². The second kappa shape index (κ2) is 9.74. The van der Waals surface area contributed by atoms with Crippen molar-refractivity contribution in [2.45, 2.75) is 32.6 Å². The van der Waals surface area contributed by atoms with Crippen LogP contribution in [-0.2, 0) is 22.4 Å². The summed E-state index contributed by atoms with van der Waals surface area (Å²) in [4.78, 5) is 45.7. The second-order valence-corrected chi connectivity index (χ2v) is 9.44. The second-order valence-electron chi connectivity index (χ2n) is 9.44. The van der Waals surface area contributed by atoms with Gasteiger partial charge in [0.25, 0.3) is 5.88 Å². The fourth-order valence-electron chi connectivity index (χ4n) is 4.48. The van der Waals surface area contributed by atoms with E-state index in [1.165, 1.54) is 48.8 Å². The van der Waals surface area contributed by atoms with Gasteiger partial charge in [0, 0.05) is 30.6 Å². The highest BCUT2D eigenvalue weighted by molar-refractivity contribution is 6.11. The summed E-state index contributed by atoms with van der Waals surface area (Å²) in [5.74, 6) is -3.04. The lowest BCUT2D eigenvalue weighted by molar-refractivity contribution is -0.133. The molecule has 0 radical (unpaired) electrons. The maximum atomic E-state index is 14.9. The van der Waals surface area contributed by atoms with Crippen LogP contribution in [0.2, 0.25) is 0 Å². The molecule has 1 N–H and O–H groups in total. The van der Waals surface area contributed by atoms with Gasteiger partial charge in [-0.15, -0.1) is 0 Å². The molecule has 1 aliphatic carbocycles. The Balaban J connectivity index is 1.32. The Hall–Kier alpha value is -4.53. The number of nitrogens with zero attached hydrogens (tertiary/aromatic N) is 2. The van der Waals surface area contributed by atoms with Crippen LogP contribution in [-0.4, -0.2) is 32.6 Å². The Morgan fingerprint density at radius 1 is 0.947 bits per heavy atom. The predicted octanol–water partition coefficient (Wildman–Crippen LogP) is 5.41. The minimum absolute atomic E-state index is 0.0222. The first-order valence-electron chi connectivity index (χ1n) is 11.9. The smallest absolute Gasteiger partial charge is 0.335 e. The molecule has 0 saturated heterocycles. The molecule has 2 aromatic heterocycles. The van der Waals surface area contributed by atoms with Crippen molar-refractivity contribution >= 4 is 28.4 Å². The van der Waals surface area contributed by atoms with Crippen molar-refractivity contribution in [2.75, 3.05) is 0 Å². The van der Waals surface area contributed by atoms with Crippen molar-refractivity contribution in [1.82, 2.24) is 9.97 Å². The molecule has 9 heteroatoms. The summed E-state index contributed by atoms with van der Waals surface area (Å²) in [5.41, 5.74) is 0.893. The number of hydrogen-bond donors (Lipinski definition) is 1. The minimum Gasteiger partial charge on any atom is -0.478 e. The van der Waals surface area contributed by atoms with E-state index in [9.17, 15) is 28.3 Å². The van der Waals surface area contributed by atoms with Crippen LogP contribution in [0.4, 0.5) is 8.78 Å². The molecule has 4 aromatic rings. The Morgan fingerprint density at radius 3 is 2.26 bits per heavy atom. The van der Waals surface area contributed by atoms with E-state index in [0.29, 0.717) is 40.4 Å². The third-order valence-electron chi connectivity index (χ3n) is 6.81. The Morgan fingerprint density at radius 2 is 1.63 bits per heavy atom. The molecule has 2 heterocycles. The van der Waals surface area contributed by atoms with Gasteiger partial charge in [-0.05, 0) is 72.9 Å². The van der Waals surface area contributed by atoms with E-state index in [1.807, 2.05) is 0 Å². The van der Waals surface area contributed by atoms with Crippen LogP contribution < -0.4 is 4.74 Å². The van der Waals surface area contributed by atoms with Crippen molar-refractivity contribution in [3.8, 4) is 11.6 Å². The first-order chi connectivity index (χ1) is 18.2. The fraction of sp³-hybridized carbons (Fsp3) is 0.207. The van der Waals surface area contributed by atoms with E-state index >= 15 is 0 Å². The summed E-state index contributed by atoms with van der Waals surface area (Å²) in [7, 11) is 0. The minimum atomic E-state index is -1.11. The van der Waals surface area contributed by atoms with Crippen molar-refractivity contribution in [1.29, 1.82) is 0 Å². The zero-order valence-corrected chi connectivity index (χ0v) is 20.3. The normalized spacial score (nSPS) is 13.8. The van der Waals surface area contributed by atoms with Gasteiger partial charge in [-0.3, -0.25) is 14.6 Å². The maximum absolute atomic E-state index is 14.9. The van der Waals surface area contributed by atoms with Gasteiger partial charge in [-0.2, -0.15) is 0 Å². The third kappa shape index (κ3) is 4.87. The zero-order chi connectivity index (χ0) is 27.0. The number of pyridine rings is 2. The highest BCUT2D eigenvalue weighted by Gasteiger charge is 2.54. The number of hydrogen-bond acceptors (Lipinski definition) is 6. The number of carboxylic acids is 1. The molecule has 0 aliphatic heterocycles. The molecule has 0 unspecified atom stereocenters. The lowest BCUT2D eigenvalue weighted by Gasteiger charge is -2.14. The van der Waals surface area contributed by atoms with Gasteiger partial charge in [-0.1, -0.05) is 12.1 Å². The van der Waals surface area contributed by atoms with Gasteiger partial charge < -0.3 is 9.84 Å². The van der Waals surface area contributed by atoms with Crippen LogP contribution >= 0.6 is 0 Å². The van der Waals surface area contributed by atoms with Crippen molar-refractivity contribution in [3.05, 3.63) is 94.8 Å². The van der Waals surface area contributed by atoms with E-state index in [-0.39, 0.29) is 41.6 Å². The summed E-state index contributed by atoms with van der Waals surface area (Å²) in [6.07, 6.45) is 3.48. The lowest BCUT2D eigenvalue weighted by Crippen LogP contribution is -2.29. The van der Waals surface area contributed by atoms with Gasteiger partial charge in [0.1, 0.15) is 11.6 Å². The van der Waals surface area contributed by atoms with Crippen LogP contribution in [0.25, 0.3) is 10.9 Å². The van der Waals surface area contributed by atoms with E-state index in [2.05, 4.69) is 9.97 Å². The molecule has 5 rings (SSSR count). The van der Waals surface area contributed by atoms with Gasteiger partial charge in [0.2, 0.25) is 0 Å². The van der Waals surface area contributed by atoms with Crippen LogP contribution in [0.1, 0.15) is 39.9 Å². The Bertz CT molecular complexity index is 1600. The quantitative estimate of drug-likeness (QED) is 0.297. The molecule has 192 valence electrons. The molecule has 2 aromatic carbocycles. The standard InChI is InChI=1S/C29H22F2N2O5/c1-16-10-23-21(14-20(16)28(36)37)24(6-9-32-23)38-27-22(31)11-18(15-33-27)13-26(35)29(7-8-29)25(34)12-17-2-4-19(30)5-3-17/h2-6,9-11,14-15H,7-8,12-13H2,1H3,(H,36,37). The lowest BCUT2D eigenvalue weighted by atomic mass is 9.88. The summed E-state index contributed by atoms with van der Waals surface area (Å²) >= 11 is 0. The Kier molecular flexibility index (Phi) is 6.44. The number of ether oxygens (including phenoxy) is 1. The number of Topliss-reactive ketones (excluding diaryl/α,β-unsaturated/α-hetero) is 2. The monoisotopic (exact) mass is 516 g/mol. The summed E-state index contributed by atoms with van der Waals surface area (Å²) < 4.78 is 33.8. The molecule has 1 fully saturated rings. The van der Waals surface area contributed by atoms with Crippen LogP contribution in [0, 0.1) is 24.0 Å². The SMILES string of the molecule is Cc1cc2nccc(Oc3ncc(CC(=O)C4(C(=O)Cc5ccc(F)cc5)CC4)cc3F)c2cc1C(=O)O. The van der Waals surface area contributed by atoms with Gasteiger partial charge in [0.05, 0.1) is 16.5 Å². The topological polar surface area (TPSA) is 106 Å². The molecule has 1 aliphatic rings.